The summed E-state index contributed by atoms with van der Waals surface area (Å²) in [5.41, 5.74) is 1.14. The zero-order valence-corrected chi connectivity index (χ0v) is 16.9. The SMILES string of the molecule is CCCCCC(=O)O[C@H]1CCCC[C@@H]1c1cccc(OC(OC)OCC)c1. The molecule has 1 fully saturated rings. The number of benzene rings is 1. The third-order valence-corrected chi connectivity index (χ3v) is 4.98. The summed E-state index contributed by atoms with van der Waals surface area (Å²) < 4.78 is 22.2. The molecule has 0 bridgehead atoms. The van der Waals surface area contributed by atoms with Crippen LogP contribution in [0.2, 0.25) is 0 Å². The van der Waals surface area contributed by atoms with E-state index in [0.29, 0.717) is 18.8 Å². The fraction of sp³-hybridized carbons (Fsp3) is 0.682. The van der Waals surface area contributed by atoms with E-state index < -0.39 is 6.48 Å². The Hall–Kier alpha value is -1.59. The molecule has 0 aromatic heterocycles. The Labute approximate surface area is 163 Å². The molecule has 0 spiro atoms. The highest BCUT2D eigenvalue weighted by atomic mass is 16.8. The van der Waals surface area contributed by atoms with Gasteiger partial charge in [-0.15, -0.1) is 0 Å². The first-order valence-electron chi connectivity index (χ1n) is 10.3. The van der Waals surface area contributed by atoms with Crippen LogP contribution in [0.5, 0.6) is 5.75 Å². The van der Waals surface area contributed by atoms with Gasteiger partial charge in [-0.1, -0.05) is 38.3 Å². The van der Waals surface area contributed by atoms with Gasteiger partial charge >= 0.3 is 12.4 Å². The molecule has 5 heteroatoms. The largest absolute Gasteiger partial charge is 0.462 e. The van der Waals surface area contributed by atoms with Crippen molar-refractivity contribution in [3.8, 4) is 5.75 Å². The second-order valence-electron chi connectivity index (χ2n) is 7.05. The normalized spacial score (nSPS) is 20.9. The van der Waals surface area contributed by atoms with Crippen LogP contribution in [-0.4, -0.2) is 32.3 Å². The van der Waals surface area contributed by atoms with Crippen LogP contribution in [0.1, 0.15) is 76.7 Å². The molecule has 2 rings (SSSR count). The highest BCUT2D eigenvalue weighted by molar-refractivity contribution is 5.69. The fourth-order valence-corrected chi connectivity index (χ4v) is 3.58. The van der Waals surface area contributed by atoms with Gasteiger partial charge in [0.1, 0.15) is 11.9 Å². The third-order valence-electron chi connectivity index (χ3n) is 4.98. The van der Waals surface area contributed by atoms with Crippen LogP contribution < -0.4 is 4.74 Å². The van der Waals surface area contributed by atoms with Crippen LogP contribution in [0.15, 0.2) is 24.3 Å². The molecule has 1 aromatic carbocycles. The summed E-state index contributed by atoms with van der Waals surface area (Å²) >= 11 is 0. The maximum absolute atomic E-state index is 12.2. The van der Waals surface area contributed by atoms with E-state index in [4.69, 9.17) is 18.9 Å². The first-order chi connectivity index (χ1) is 13.2. The molecule has 1 saturated carbocycles. The van der Waals surface area contributed by atoms with Gasteiger partial charge in [-0.2, -0.15) is 0 Å². The summed E-state index contributed by atoms with van der Waals surface area (Å²) in [5.74, 6) is 0.848. The molecule has 1 unspecified atom stereocenters. The summed E-state index contributed by atoms with van der Waals surface area (Å²) in [7, 11) is 1.55. The molecule has 0 N–H and O–H groups in total. The standard InChI is InChI=1S/C22H34O5/c1-4-6-7-15-21(23)27-20-14-9-8-13-19(20)17-11-10-12-18(16-17)26-22(24-3)25-5-2/h10-12,16,19-20,22H,4-9,13-15H2,1-3H3/t19-,20+,22?/m1/s1. The average Bonchev–Trinajstić information content (AvgIpc) is 2.68. The van der Waals surface area contributed by atoms with Crippen molar-refractivity contribution in [1.29, 1.82) is 0 Å². The summed E-state index contributed by atoms with van der Waals surface area (Å²) in [4.78, 5) is 12.2. The smallest absolute Gasteiger partial charge is 0.315 e. The number of unbranched alkanes of at least 4 members (excludes halogenated alkanes) is 2. The zero-order valence-electron chi connectivity index (χ0n) is 16.9. The summed E-state index contributed by atoms with van der Waals surface area (Å²) in [6.07, 6.45) is 7.77. The molecule has 0 radical (unpaired) electrons. The Kier molecular flexibility index (Phi) is 9.64. The van der Waals surface area contributed by atoms with E-state index in [0.717, 1.165) is 50.5 Å². The number of carbonyl (C=O) groups is 1. The van der Waals surface area contributed by atoms with Crippen LogP contribution in [0.3, 0.4) is 0 Å². The average molecular weight is 379 g/mol. The van der Waals surface area contributed by atoms with Gasteiger partial charge in [0.25, 0.3) is 0 Å². The molecule has 3 atom stereocenters. The minimum absolute atomic E-state index is 0.0479. The maximum Gasteiger partial charge on any atom is 0.315 e. The predicted octanol–water partition coefficient (Wildman–Crippen LogP) is 5.18. The van der Waals surface area contributed by atoms with Crippen molar-refractivity contribution in [3.63, 3.8) is 0 Å². The van der Waals surface area contributed by atoms with Gasteiger partial charge in [0.2, 0.25) is 0 Å². The zero-order chi connectivity index (χ0) is 19.5. The molecular weight excluding hydrogens is 344 g/mol. The van der Waals surface area contributed by atoms with E-state index in [1.807, 2.05) is 25.1 Å². The van der Waals surface area contributed by atoms with Crippen molar-refractivity contribution >= 4 is 5.97 Å². The molecule has 0 amide bonds. The molecule has 27 heavy (non-hydrogen) atoms. The predicted molar refractivity (Wildman–Crippen MR) is 105 cm³/mol. The van der Waals surface area contributed by atoms with Gasteiger partial charge in [-0.25, -0.2) is 0 Å². The molecule has 1 aliphatic carbocycles. The van der Waals surface area contributed by atoms with Crippen molar-refractivity contribution in [2.24, 2.45) is 0 Å². The van der Waals surface area contributed by atoms with E-state index in [1.165, 1.54) is 0 Å². The second-order valence-corrected chi connectivity index (χ2v) is 7.05. The molecule has 152 valence electrons. The molecule has 0 aliphatic heterocycles. The van der Waals surface area contributed by atoms with Crippen LogP contribution >= 0.6 is 0 Å². The van der Waals surface area contributed by atoms with E-state index in [1.54, 1.807) is 7.11 Å². The lowest BCUT2D eigenvalue weighted by atomic mass is 9.81. The van der Waals surface area contributed by atoms with Crippen molar-refractivity contribution in [1.82, 2.24) is 0 Å². The Morgan fingerprint density at radius 3 is 2.74 bits per heavy atom. The lowest BCUT2D eigenvalue weighted by Crippen LogP contribution is -2.28. The molecule has 0 saturated heterocycles. The molecular formula is C22H34O5. The van der Waals surface area contributed by atoms with Crippen LogP contribution in [-0.2, 0) is 19.0 Å². The quantitative estimate of drug-likeness (QED) is 0.302. The first kappa shape index (κ1) is 21.7. The molecule has 1 aliphatic rings. The maximum atomic E-state index is 12.2. The minimum atomic E-state index is -0.719. The van der Waals surface area contributed by atoms with Gasteiger partial charge < -0.3 is 18.9 Å². The lowest BCUT2D eigenvalue weighted by Gasteiger charge is -2.32. The number of rotatable bonds is 11. The Balaban J connectivity index is 2.02. The van der Waals surface area contributed by atoms with Gasteiger partial charge in [-0.3, -0.25) is 4.79 Å². The highest BCUT2D eigenvalue weighted by Crippen LogP contribution is 2.36. The van der Waals surface area contributed by atoms with Gasteiger partial charge in [0, 0.05) is 19.4 Å². The number of hydrogen-bond donors (Lipinski definition) is 0. The van der Waals surface area contributed by atoms with E-state index in [-0.39, 0.29) is 18.0 Å². The Bertz CT molecular complexity index is 559. The molecule has 1 aromatic rings. The molecule has 0 heterocycles. The van der Waals surface area contributed by atoms with Crippen LogP contribution in [0, 0.1) is 0 Å². The Morgan fingerprint density at radius 2 is 2.00 bits per heavy atom. The third kappa shape index (κ3) is 7.15. The number of hydrogen-bond acceptors (Lipinski definition) is 5. The van der Waals surface area contributed by atoms with Crippen molar-refractivity contribution in [3.05, 3.63) is 29.8 Å². The van der Waals surface area contributed by atoms with Crippen LogP contribution in [0.4, 0.5) is 0 Å². The molecule has 5 nitrogen and oxygen atoms in total. The number of esters is 1. The van der Waals surface area contributed by atoms with E-state index in [2.05, 4.69) is 13.0 Å². The van der Waals surface area contributed by atoms with Gasteiger partial charge in [0.15, 0.2) is 0 Å². The van der Waals surface area contributed by atoms with E-state index in [9.17, 15) is 4.79 Å². The number of methoxy groups -OCH3 is 1. The second kappa shape index (κ2) is 12.0. The minimum Gasteiger partial charge on any atom is -0.462 e. The van der Waals surface area contributed by atoms with Gasteiger partial charge in [-0.05, 0) is 50.3 Å². The topological polar surface area (TPSA) is 54.0 Å². The summed E-state index contributed by atoms with van der Waals surface area (Å²) in [6, 6.07) is 7.96. The van der Waals surface area contributed by atoms with Crippen molar-refractivity contribution < 1.29 is 23.7 Å². The van der Waals surface area contributed by atoms with Gasteiger partial charge in [0.05, 0.1) is 6.61 Å². The van der Waals surface area contributed by atoms with Crippen molar-refractivity contribution in [2.45, 2.75) is 83.7 Å². The lowest BCUT2D eigenvalue weighted by molar-refractivity contribution is -0.231. The highest BCUT2D eigenvalue weighted by Gasteiger charge is 2.29. The number of ether oxygens (including phenoxy) is 4. The monoisotopic (exact) mass is 378 g/mol. The summed E-state index contributed by atoms with van der Waals surface area (Å²) in [6.45, 7) is 3.82. The van der Waals surface area contributed by atoms with Crippen LogP contribution in [0.25, 0.3) is 0 Å². The van der Waals surface area contributed by atoms with E-state index >= 15 is 0 Å². The first-order valence-corrected chi connectivity index (χ1v) is 10.3. The number of carbonyl (C=O) groups excluding carboxylic acids is 1. The fourth-order valence-electron chi connectivity index (χ4n) is 3.58. The summed E-state index contributed by atoms with van der Waals surface area (Å²) in [5, 5.41) is 0. The Morgan fingerprint density at radius 1 is 1.19 bits per heavy atom. The van der Waals surface area contributed by atoms with Crippen molar-refractivity contribution in [2.75, 3.05) is 13.7 Å².